The van der Waals surface area contributed by atoms with Crippen molar-refractivity contribution in [3.8, 4) is 6.07 Å². The van der Waals surface area contributed by atoms with Crippen LogP contribution in [-0.2, 0) is 4.74 Å². The van der Waals surface area contributed by atoms with E-state index in [0.29, 0.717) is 18.8 Å². The molecule has 0 aliphatic carbocycles. The molecule has 1 aliphatic heterocycles. The first kappa shape index (κ1) is 15.2. The predicted molar refractivity (Wildman–Crippen MR) is 78.1 cm³/mol. The zero-order chi connectivity index (χ0) is 15.3. The lowest BCUT2D eigenvalue weighted by Gasteiger charge is -2.29. The summed E-state index contributed by atoms with van der Waals surface area (Å²) in [6.07, 6.45) is 2.07. The Morgan fingerprint density at radius 2 is 2.43 bits per heavy atom. The minimum Gasteiger partial charge on any atom is -0.383 e. The number of ether oxygens (including phenoxy) is 1. The van der Waals surface area contributed by atoms with E-state index in [-0.39, 0.29) is 16.8 Å². The number of nitro benzene ring substituents is 1. The lowest BCUT2D eigenvalue weighted by Crippen LogP contribution is -2.49. The van der Waals surface area contributed by atoms with Crippen molar-refractivity contribution < 1.29 is 9.66 Å². The normalized spacial score (nSPS) is 21.0. The SMILES string of the molecule is COCC1(CNc2ccc([N+](=O)[O-])cc2C#N)CCCN1. The minimum absolute atomic E-state index is 0.0808. The van der Waals surface area contributed by atoms with Crippen LogP contribution < -0.4 is 10.6 Å². The third-order valence-electron chi connectivity index (χ3n) is 3.70. The molecule has 1 atom stereocenters. The summed E-state index contributed by atoms with van der Waals surface area (Å²) in [4.78, 5) is 10.2. The quantitative estimate of drug-likeness (QED) is 0.610. The fourth-order valence-corrected chi connectivity index (χ4v) is 2.63. The Hall–Kier alpha value is -2.17. The number of nitrogens with zero attached hydrogens (tertiary/aromatic N) is 2. The van der Waals surface area contributed by atoms with Gasteiger partial charge in [0.1, 0.15) is 6.07 Å². The van der Waals surface area contributed by atoms with Crippen molar-refractivity contribution in [2.75, 3.05) is 32.1 Å². The fourth-order valence-electron chi connectivity index (χ4n) is 2.63. The molecular formula is C14H18N4O3. The molecule has 1 saturated heterocycles. The molecule has 1 heterocycles. The second-order valence-corrected chi connectivity index (χ2v) is 5.20. The van der Waals surface area contributed by atoms with Crippen molar-refractivity contribution in [1.82, 2.24) is 5.32 Å². The summed E-state index contributed by atoms with van der Waals surface area (Å²) in [5.41, 5.74) is 0.647. The van der Waals surface area contributed by atoms with Crippen LogP contribution in [0.5, 0.6) is 0 Å². The molecule has 0 bridgehead atoms. The lowest BCUT2D eigenvalue weighted by molar-refractivity contribution is -0.384. The number of methoxy groups -OCH3 is 1. The van der Waals surface area contributed by atoms with E-state index in [9.17, 15) is 10.1 Å². The zero-order valence-electron chi connectivity index (χ0n) is 11.9. The van der Waals surface area contributed by atoms with Gasteiger partial charge in [0.2, 0.25) is 0 Å². The summed E-state index contributed by atoms with van der Waals surface area (Å²) < 4.78 is 5.27. The number of non-ortho nitro benzene ring substituents is 1. The summed E-state index contributed by atoms with van der Waals surface area (Å²) >= 11 is 0. The van der Waals surface area contributed by atoms with Crippen molar-refractivity contribution in [2.24, 2.45) is 0 Å². The number of benzene rings is 1. The molecule has 0 aromatic heterocycles. The van der Waals surface area contributed by atoms with Gasteiger partial charge >= 0.3 is 0 Å². The van der Waals surface area contributed by atoms with Crippen LogP contribution in [-0.4, -0.2) is 37.3 Å². The van der Waals surface area contributed by atoms with E-state index in [1.807, 2.05) is 6.07 Å². The van der Waals surface area contributed by atoms with Gasteiger partial charge in [-0.3, -0.25) is 10.1 Å². The molecule has 0 spiro atoms. The van der Waals surface area contributed by atoms with E-state index in [4.69, 9.17) is 10.00 Å². The molecule has 7 heteroatoms. The number of hydrogen-bond donors (Lipinski definition) is 2. The molecule has 21 heavy (non-hydrogen) atoms. The summed E-state index contributed by atoms with van der Waals surface area (Å²) in [5.74, 6) is 0. The van der Waals surface area contributed by atoms with Gasteiger partial charge in [0, 0.05) is 25.8 Å². The Balaban J connectivity index is 2.12. The molecular weight excluding hydrogens is 272 g/mol. The summed E-state index contributed by atoms with van der Waals surface area (Å²) in [5, 5.41) is 26.5. The molecule has 0 saturated carbocycles. The van der Waals surface area contributed by atoms with E-state index >= 15 is 0 Å². The first-order valence-electron chi connectivity index (χ1n) is 6.77. The molecule has 2 N–H and O–H groups in total. The molecule has 7 nitrogen and oxygen atoms in total. The highest BCUT2D eigenvalue weighted by Crippen LogP contribution is 2.24. The maximum atomic E-state index is 10.7. The summed E-state index contributed by atoms with van der Waals surface area (Å²) in [6.45, 7) is 2.12. The fraction of sp³-hybridized carbons (Fsp3) is 0.500. The van der Waals surface area contributed by atoms with Gasteiger partial charge in [-0.1, -0.05) is 0 Å². The molecule has 1 aromatic rings. The average molecular weight is 290 g/mol. The van der Waals surface area contributed by atoms with Gasteiger partial charge in [-0.25, -0.2) is 0 Å². The molecule has 1 unspecified atom stereocenters. The van der Waals surface area contributed by atoms with Crippen LogP contribution in [0, 0.1) is 21.4 Å². The Morgan fingerprint density at radius 1 is 1.62 bits per heavy atom. The van der Waals surface area contributed by atoms with Gasteiger partial charge < -0.3 is 15.4 Å². The van der Waals surface area contributed by atoms with Crippen LogP contribution in [0.2, 0.25) is 0 Å². The highest BCUT2D eigenvalue weighted by atomic mass is 16.6. The van der Waals surface area contributed by atoms with Gasteiger partial charge in [0.15, 0.2) is 0 Å². The van der Waals surface area contributed by atoms with Crippen LogP contribution in [0.3, 0.4) is 0 Å². The van der Waals surface area contributed by atoms with Gasteiger partial charge in [-0.05, 0) is 25.5 Å². The van der Waals surface area contributed by atoms with E-state index in [2.05, 4.69) is 10.6 Å². The Kier molecular flexibility index (Phi) is 4.73. The highest BCUT2D eigenvalue weighted by Gasteiger charge is 2.33. The molecule has 0 amide bonds. The van der Waals surface area contributed by atoms with Crippen molar-refractivity contribution in [1.29, 1.82) is 5.26 Å². The van der Waals surface area contributed by atoms with Crippen molar-refractivity contribution in [2.45, 2.75) is 18.4 Å². The molecule has 1 fully saturated rings. The van der Waals surface area contributed by atoms with Crippen LogP contribution in [0.25, 0.3) is 0 Å². The van der Waals surface area contributed by atoms with Gasteiger partial charge in [0.25, 0.3) is 5.69 Å². The third-order valence-corrected chi connectivity index (χ3v) is 3.70. The minimum atomic E-state index is -0.504. The summed E-state index contributed by atoms with van der Waals surface area (Å²) in [6, 6.07) is 6.25. The number of anilines is 1. The van der Waals surface area contributed by atoms with E-state index in [1.165, 1.54) is 12.1 Å². The van der Waals surface area contributed by atoms with E-state index < -0.39 is 4.92 Å². The zero-order valence-corrected chi connectivity index (χ0v) is 11.9. The molecule has 0 radical (unpaired) electrons. The Morgan fingerprint density at radius 3 is 3.00 bits per heavy atom. The van der Waals surface area contributed by atoms with Crippen LogP contribution in [0.1, 0.15) is 18.4 Å². The molecule has 2 rings (SSSR count). The van der Waals surface area contributed by atoms with Crippen molar-refractivity contribution in [3.05, 3.63) is 33.9 Å². The largest absolute Gasteiger partial charge is 0.383 e. The number of nitriles is 1. The number of nitrogens with one attached hydrogen (secondary N) is 2. The second-order valence-electron chi connectivity index (χ2n) is 5.20. The average Bonchev–Trinajstić information content (AvgIpc) is 2.94. The molecule has 1 aromatic carbocycles. The van der Waals surface area contributed by atoms with E-state index in [1.54, 1.807) is 13.2 Å². The summed E-state index contributed by atoms with van der Waals surface area (Å²) in [7, 11) is 1.66. The van der Waals surface area contributed by atoms with Gasteiger partial charge in [0.05, 0.1) is 28.3 Å². The maximum absolute atomic E-state index is 10.7. The van der Waals surface area contributed by atoms with Crippen molar-refractivity contribution in [3.63, 3.8) is 0 Å². The number of hydrogen-bond acceptors (Lipinski definition) is 6. The van der Waals surface area contributed by atoms with Gasteiger partial charge in [-0.2, -0.15) is 5.26 Å². The molecule has 112 valence electrons. The first-order chi connectivity index (χ1) is 10.1. The molecule has 1 aliphatic rings. The highest BCUT2D eigenvalue weighted by molar-refractivity contribution is 5.61. The maximum Gasteiger partial charge on any atom is 0.270 e. The topological polar surface area (TPSA) is 100 Å². The predicted octanol–water partition coefficient (Wildman–Crippen LogP) is 1.65. The van der Waals surface area contributed by atoms with E-state index in [0.717, 1.165) is 19.4 Å². The number of nitro groups is 1. The number of rotatable bonds is 6. The van der Waals surface area contributed by atoms with Gasteiger partial charge in [-0.15, -0.1) is 0 Å². The van der Waals surface area contributed by atoms with Crippen LogP contribution >= 0.6 is 0 Å². The van der Waals surface area contributed by atoms with Crippen LogP contribution in [0.4, 0.5) is 11.4 Å². The Bertz CT molecular complexity index is 562. The first-order valence-corrected chi connectivity index (χ1v) is 6.77. The van der Waals surface area contributed by atoms with Crippen LogP contribution in [0.15, 0.2) is 18.2 Å². The van der Waals surface area contributed by atoms with Crippen molar-refractivity contribution >= 4 is 11.4 Å². The smallest absolute Gasteiger partial charge is 0.270 e. The monoisotopic (exact) mass is 290 g/mol. The Labute approximate surface area is 123 Å². The second kappa shape index (κ2) is 6.52. The standard InChI is InChI=1S/C14H18N4O3/c1-21-10-14(5-2-6-17-14)9-16-13-4-3-12(18(19)20)7-11(13)8-15/h3-4,7,16-17H,2,5-6,9-10H2,1H3. The lowest BCUT2D eigenvalue weighted by atomic mass is 9.98. The third kappa shape index (κ3) is 3.48.